The summed E-state index contributed by atoms with van der Waals surface area (Å²) in [6, 6.07) is 0. The van der Waals surface area contributed by atoms with Crippen LogP contribution in [0.4, 0.5) is 0 Å². The van der Waals surface area contributed by atoms with Gasteiger partial charge in [0.25, 0.3) is 0 Å². The number of rotatable bonds is 3. The summed E-state index contributed by atoms with van der Waals surface area (Å²) in [6.45, 7) is 2.31. The number of piperidine rings is 1. The summed E-state index contributed by atoms with van der Waals surface area (Å²) in [6.07, 6.45) is 0.366. The first-order valence-corrected chi connectivity index (χ1v) is 6.13. The zero-order valence-electron chi connectivity index (χ0n) is 9.84. The Bertz CT molecular complexity index is 258. The van der Waals surface area contributed by atoms with Crippen molar-refractivity contribution in [1.82, 2.24) is 10.2 Å². The molecule has 2 rings (SSSR count). The van der Waals surface area contributed by atoms with Crippen molar-refractivity contribution in [2.24, 2.45) is 0 Å². The van der Waals surface area contributed by atoms with Gasteiger partial charge in [-0.1, -0.05) is 0 Å². The molecule has 98 valence electrons. The van der Waals surface area contributed by atoms with Gasteiger partial charge < -0.3 is 25.2 Å². The molecule has 17 heavy (non-hydrogen) atoms. The average molecular weight is 244 g/mol. The summed E-state index contributed by atoms with van der Waals surface area (Å²) in [4.78, 5) is 13.2. The second-order valence-corrected chi connectivity index (χ2v) is 4.69. The van der Waals surface area contributed by atoms with Crippen LogP contribution in [0.1, 0.15) is 12.8 Å². The van der Waals surface area contributed by atoms with Gasteiger partial charge in [-0.2, -0.15) is 0 Å². The molecule has 0 aromatic carbocycles. The van der Waals surface area contributed by atoms with Crippen LogP contribution in [0.25, 0.3) is 0 Å². The summed E-state index contributed by atoms with van der Waals surface area (Å²) in [5.41, 5.74) is 0. The molecule has 0 aromatic heterocycles. The van der Waals surface area contributed by atoms with Crippen LogP contribution >= 0.6 is 0 Å². The molecule has 6 heteroatoms. The van der Waals surface area contributed by atoms with Crippen molar-refractivity contribution < 1.29 is 19.7 Å². The topological polar surface area (TPSA) is 82.0 Å². The van der Waals surface area contributed by atoms with E-state index in [0.29, 0.717) is 0 Å². The Kier molecular flexibility index (Phi) is 4.33. The van der Waals surface area contributed by atoms with Crippen molar-refractivity contribution in [2.45, 2.75) is 31.2 Å². The Morgan fingerprint density at radius 2 is 1.82 bits per heavy atom. The smallest absolute Gasteiger partial charge is 0.248 e. The Hall–Kier alpha value is -0.690. The van der Waals surface area contributed by atoms with Crippen molar-refractivity contribution in [3.63, 3.8) is 0 Å². The first-order valence-electron chi connectivity index (χ1n) is 6.13. The number of carbonyl (C=O) groups excluding carboxylic acids is 1. The molecule has 0 spiro atoms. The van der Waals surface area contributed by atoms with E-state index in [1.165, 1.54) is 4.90 Å². The summed E-state index contributed by atoms with van der Waals surface area (Å²) < 4.78 is 5.53. The number of β-amino-alcohol motifs (C(OH)–C–C–N with tert-alkyl or cyclic N) is 2. The van der Waals surface area contributed by atoms with Crippen molar-refractivity contribution >= 4 is 5.91 Å². The lowest BCUT2D eigenvalue weighted by Crippen LogP contribution is -2.37. The van der Waals surface area contributed by atoms with Crippen LogP contribution < -0.4 is 5.32 Å². The molecule has 2 aliphatic heterocycles. The lowest BCUT2D eigenvalue weighted by Gasteiger charge is -2.24. The molecule has 0 radical (unpaired) electrons. The van der Waals surface area contributed by atoms with E-state index in [1.54, 1.807) is 0 Å². The number of nitrogens with zero attached hydrogens (tertiary/aromatic N) is 1. The van der Waals surface area contributed by atoms with E-state index < -0.39 is 12.2 Å². The van der Waals surface area contributed by atoms with Gasteiger partial charge >= 0.3 is 0 Å². The summed E-state index contributed by atoms with van der Waals surface area (Å²) in [7, 11) is 0. The molecule has 2 heterocycles. The molecule has 1 amide bonds. The summed E-state index contributed by atoms with van der Waals surface area (Å²) in [5.74, 6) is -0.154. The minimum Gasteiger partial charge on any atom is -0.388 e. The third kappa shape index (κ3) is 3.38. The third-order valence-electron chi connectivity index (χ3n) is 3.34. The van der Waals surface area contributed by atoms with E-state index in [9.17, 15) is 15.0 Å². The Labute approximate surface area is 101 Å². The van der Waals surface area contributed by atoms with Crippen LogP contribution in [0.2, 0.25) is 0 Å². The minimum absolute atomic E-state index is 0.0457. The number of aliphatic hydroxyl groups is 2. The average Bonchev–Trinajstić information content (AvgIpc) is 2.68. The largest absolute Gasteiger partial charge is 0.388 e. The van der Waals surface area contributed by atoms with Crippen LogP contribution in [-0.2, 0) is 9.53 Å². The van der Waals surface area contributed by atoms with Gasteiger partial charge in [0.05, 0.1) is 18.3 Å². The van der Waals surface area contributed by atoms with Gasteiger partial charge in [0.15, 0.2) is 0 Å². The number of likely N-dealkylation sites (tertiary alicyclic amines) is 1. The second-order valence-electron chi connectivity index (χ2n) is 4.69. The normalized spacial score (nSPS) is 30.8. The minimum atomic E-state index is -0.821. The summed E-state index contributed by atoms with van der Waals surface area (Å²) in [5, 5.41) is 21.9. The number of hydrogen-bond acceptors (Lipinski definition) is 5. The van der Waals surface area contributed by atoms with Gasteiger partial charge in [-0.25, -0.2) is 0 Å². The Morgan fingerprint density at radius 1 is 1.24 bits per heavy atom. The molecule has 0 bridgehead atoms. The maximum absolute atomic E-state index is 11.7. The predicted octanol–water partition coefficient (Wildman–Crippen LogP) is -1.68. The van der Waals surface area contributed by atoms with Crippen LogP contribution in [0.5, 0.6) is 0 Å². The molecular formula is C11H20N2O4. The van der Waals surface area contributed by atoms with E-state index in [2.05, 4.69) is 5.32 Å². The highest BCUT2D eigenvalue weighted by molar-refractivity contribution is 5.77. The van der Waals surface area contributed by atoms with Crippen molar-refractivity contribution in [3.05, 3.63) is 0 Å². The molecule has 2 unspecified atom stereocenters. The zero-order valence-corrected chi connectivity index (χ0v) is 9.84. The van der Waals surface area contributed by atoms with Crippen molar-refractivity contribution in [2.75, 3.05) is 32.8 Å². The molecule has 0 aliphatic carbocycles. The maximum atomic E-state index is 11.7. The highest BCUT2D eigenvalue weighted by Crippen LogP contribution is 2.12. The number of nitrogens with one attached hydrogen (secondary N) is 1. The molecule has 2 aliphatic rings. The van der Waals surface area contributed by atoms with Gasteiger partial charge in [0, 0.05) is 13.1 Å². The van der Waals surface area contributed by atoms with Gasteiger partial charge in [-0.15, -0.1) is 0 Å². The second kappa shape index (κ2) is 5.77. The highest BCUT2D eigenvalue weighted by Gasteiger charge is 2.32. The molecule has 0 saturated carbocycles. The van der Waals surface area contributed by atoms with Crippen LogP contribution in [-0.4, -0.2) is 72.1 Å². The molecule has 3 N–H and O–H groups in total. The number of hydrogen-bond donors (Lipinski definition) is 3. The number of carbonyl (C=O) groups is 1. The molecule has 6 nitrogen and oxygen atoms in total. The molecule has 0 aromatic rings. The maximum Gasteiger partial charge on any atom is 0.248 e. The number of ether oxygens (including phenoxy) is 1. The fourth-order valence-electron chi connectivity index (χ4n) is 2.22. The molecular weight excluding hydrogens is 224 g/mol. The number of amides is 1. The van der Waals surface area contributed by atoms with Crippen LogP contribution in [0, 0.1) is 0 Å². The zero-order chi connectivity index (χ0) is 12.3. The quantitative estimate of drug-likeness (QED) is 0.552. The highest BCUT2D eigenvalue weighted by atomic mass is 16.5. The van der Waals surface area contributed by atoms with E-state index in [1.807, 2.05) is 0 Å². The monoisotopic (exact) mass is 244 g/mol. The number of aliphatic hydroxyl groups excluding tert-OH is 2. The van der Waals surface area contributed by atoms with E-state index in [0.717, 1.165) is 25.9 Å². The van der Waals surface area contributed by atoms with Crippen LogP contribution in [0.15, 0.2) is 0 Å². The van der Waals surface area contributed by atoms with Gasteiger partial charge in [-0.05, 0) is 25.9 Å². The standard InChI is InChI=1S/C11H20N2O4/c14-9-5-13(6-10(9)15)11(16)7-17-8-1-3-12-4-2-8/h8-10,12,14-15H,1-7H2. The molecule has 2 saturated heterocycles. The Morgan fingerprint density at radius 3 is 2.41 bits per heavy atom. The fourth-order valence-corrected chi connectivity index (χ4v) is 2.22. The molecule has 2 atom stereocenters. The lowest BCUT2D eigenvalue weighted by molar-refractivity contribution is -0.138. The lowest BCUT2D eigenvalue weighted by atomic mass is 10.1. The van der Waals surface area contributed by atoms with E-state index in [-0.39, 0.29) is 31.7 Å². The van der Waals surface area contributed by atoms with E-state index >= 15 is 0 Å². The van der Waals surface area contributed by atoms with E-state index in [4.69, 9.17) is 4.74 Å². The predicted molar refractivity (Wildman–Crippen MR) is 60.4 cm³/mol. The van der Waals surface area contributed by atoms with Gasteiger partial charge in [0.2, 0.25) is 5.91 Å². The first kappa shape index (κ1) is 12.8. The summed E-state index contributed by atoms with van der Waals surface area (Å²) >= 11 is 0. The van der Waals surface area contributed by atoms with Gasteiger partial charge in [0.1, 0.15) is 6.61 Å². The van der Waals surface area contributed by atoms with Crippen LogP contribution in [0.3, 0.4) is 0 Å². The van der Waals surface area contributed by atoms with Gasteiger partial charge in [-0.3, -0.25) is 4.79 Å². The van der Waals surface area contributed by atoms with Crippen molar-refractivity contribution in [3.8, 4) is 0 Å². The van der Waals surface area contributed by atoms with Crippen molar-refractivity contribution in [1.29, 1.82) is 0 Å². The fraction of sp³-hybridized carbons (Fsp3) is 0.909. The SMILES string of the molecule is O=C(COC1CCNCC1)N1CC(O)C(O)C1. The molecule has 2 fully saturated rings. The Balaban J connectivity index is 1.70. The first-order chi connectivity index (χ1) is 8.16. The third-order valence-corrected chi connectivity index (χ3v) is 3.34.